The maximum absolute atomic E-state index is 4.12. The van der Waals surface area contributed by atoms with Gasteiger partial charge < -0.3 is 9.80 Å². The third-order valence-electron chi connectivity index (χ3n) is 4.12. The van der Waals surface area contributed by atoms with E-state index in [2.05, 4.69) is 40.0 Å². The van der Waals surface area contributed by atoms with Gasteiger partial charge in [0.15, 0.2) is 0 Å². The number of anilines is 1. The van der Waals surface area contributed by atoms with Gasteiger partial charge in [-0.25, -0.2) is 0 Å². The van der Waals surface area contributed by atoms with Gasteiger partial charge in [0.25, 0.3) is 0 Å². The molecule has 0 saturated carbocycles. The average Bonchev–Trinajstić information content (AvgIpc) is 2.90. The summed E-state index contributed by atoms with van der Waals surface area (Å²) in [6.07, 6.45) is 10.1. The van der Waals surface area contributed by atoms with Crippen LogP contribution in [0, 0.1) is 0 Å². The summed E-state index contributed by atoms with van der Waals surface area (Å²) in [7, 11) is 2.20. The van der Waals surface area contributed by atoms with Crippen LogP contribution in [0.4, 0.5) is 5.69 Å². The summed E-state index contributed by atoms with van der Waals surface area (Å²) < 4.78 is 0. The molecule has 2 aliphatic heterocycles. The number of pyridine rings is 1. The van der Waals surface area contributed by atoms with Crippen molar-refractivity contribution in [1.82, 2.24) is 9.88 Å². The zero-order chi connectivity index (χ0) is 12.4. The van der Waals surface area contributed by atoms with Crippen LogP contribution < -0.4 is 4.90 Å². The summed E-state index contributed by atoms with van der Waals surface area (Å²) in [6.45, 7) is 3.49. The van der Waals surface area contributed by atoms with Crippen molar-refractivity contribution < 1.29 is 0 Å². The first kappa shape index (κ1) is 11.7. The topological polar surface area (TPSA) is 19.4 Å². The summed E-state index contributed by atoms with van der Waals surface area (Å²) >= 11 is 0. The van der Waals surface area contributed by atoms with Gasteiger partial charge in [-0.2, -0.15) is 0 Å². The molecule has 1 saturated heterocycles. The number of rotatable bonds is 2. The molecule has 1 aromatic rings. The highest BCUT2D eigenvalue weighted by Gasteiger charge is 2.28. The van der Waals surface area contributed by atoms with E-state index in [1.807, 2.05) is 12.4 Å². The number of nitrogens with zero attached hydrogens (tertiary/aromatic N) is 3. The third kappa shape index (κ3) is 2.27. The lowest BCUT2D eigenvalue weighted by atomic mass is 9.98. The Hall–Kier alpha value is -1.35. The smallest absolute Gasteiger partial charge is 0.0503 e. The second-order valence-corrected chi connectivity index (χ2v) is 5.35. The molecule has 3 heteroatoms. The van der Waals surface area contributed by atoms with Gasteiger partial charge >= 0.3 is 0 Å². The lowest BCUT2D eigenvalue weighted by molar-refractivity contribution is 0.353. The zero-order valence-electron chi connectivity index (χ0n) is 11.0. The second-order valence-electron chi connectivity index (χ2n) is 5.35. The third-order valence-corrected chi connectivity index (χ3v) is 4.12. The first-order valence-electron chi connectivity index (χ1n) is 6.89. The molecule has 18 heavy (non-hydrogen) atoms. The summed E-state index contributed by atoms with van der Waals surface area (Å²) in [5, 5.41) is 0. The van der Waals surface area contributed by atoms with E-state index < -0.39 is 0 Å². The van der Waals surface area contributed by atoms with Gasteiger partial charge in [0.1, 0.15) is 0 Å². The Morgan fingerprint density at radius 3 is 2.78 bits per heavy atom. The molecule has 0 radical (unpaired) electrons. The maximum Gasteiger partial charge on any atom is 0.0503 e. The fourth-order valence-electron chi connectivity index (χ4n) is 3.09. The van der Waals surface area contributed by atoms with Crippen molar-refractivity contribution in [2.45, 2.75) is 25.3 Å². The molecule has 1 atom stereocenters. The van der Waals surface area contributed by atoms with E-state index in [1.54, 1.807) is 5.57 Å². The van der Waals surface area contributed by atoms with Gasteiger partial charge in [0.2, 0.25) is 0 Å². The first-order valence-corrected chi connectivity index (χ1v) is 6.89. The van der Waals surface area contributed by atoms with E-state index in [-0.39, 0.29) is 0 Å². The molecule has 0 aromatic carbocycles. The molecule has 2 aliphatic rings. The van der Waals surface area contributed by atoms with Crippen LogP contribution in [0.15, 0.2) is 36.2 Å². The molecular weight excluding hydrogens is 222 g/mol. The largest absolute Gasteiger partial charge is 0.365 e. The van der Waals surface area contributed by atoms with E-state index in [4.69, 9.17) is 0 Å². The van der Waals surface area contributed by atoms with E-state index in [0.717, 1.165) is 6.54 Å². The van der Waals surface area contributed by atoms with E-state index in [1.165, 1.54) is 38.0 Å². The van der Waals surface area contributed by atoms with Crippen LogP contribution in [-0.4, -0.2) is 42.6 Å². The Balaban J connectivity index is 1.80. The van der Waals surface area contributed by atoms with Gasteiger partial charge in [-0.3, -0.25) is 4.98 Å². The van der Waals surface area contributed by atoms with Crippen LogP contribution in [0.2, 0.25) is 0 Å². The molecule has 0 amide bonds. The standard InChI is InChI=1S/C15H21N3/c1-17-11-6-13(7-12-17)15-3-2-10-18(15)14-4-8-16-9-5-14/h4-6,8-9,15H,2-3,7,10-12H2,1H3/t15-/m0/s1. The summed E-state index contributed by atoms with van der Waals surface area (Å²) in [4.78, 5) is 9.05. The predicted octanol–water partition coefficient (Wildman–Crippen LogP) is 2.31. The number of aromatic nitrogens is 1. The lowest BCUT2D eigenvalue weighted by Crippen LogP contribution is -2.35. The van der Waals surface area contributed by atoms with Crippen LogP contribution in [-0.2, 0) is 0 Å². The van der Waals surface area contributed by atoms with Gasteiger partial charge in [0.05, 0.1) is 6.04 Å². The minimum atomic E-state index is 0.626. The van der Waals surface area contributed by atoms with Crippen LogP contribution in [0.25, 0.3) is 0 Å². The van der Waals surface area contributed by atoms with Gasteiger partial charge in [0, 0.05) is 37.7 Å². The Labute approximate surface area is 109 Å². The first-order chi connectivity index (χ1) is 8.84. The van der Waals surface area contributed by atoms with Crippen LogP contribution in [0.1, 0.15) is 19.3 Å². The van der Waals surface area contributed by atoms with Crippen molar-refractivity contribution in [2.24, 2.45) is 0 Å². The zero-order valence-corrected chi connectivity index (χ0v) is 11.0. The fraction of sp³-hybridized carbons (Fsp3) is 0.533. The number of hydrogen-bond acceptors (Lipinski definition) is 3. The van der Waals surface area contributed by atoms with Crippen molar-refractivity contribution in [1.29, 1.82) is 0 Å². The van der Waals surface area contributed by atoms with Crippen LogP contribution >= 0.6 is 0 Å². The molecule has 0 unspecified atom stereocenters. The molecule has 96 valence electrons. The predicted molar refractivity (Wildman–Crippen MR) is 74.8 cm³/mol. The maximum atomic E-state index is 4.12. The highest BCUT2D eigenvalue weighted by molar-refractivity contribution is 5.49. The molecular formula is C15H21N3. The summed E-state index contributed by atoms with van der Waals surface area (Å²) in [5.74, 6) is 0. The molecule has 0 bridgehead atoms. The normalized spacial score (nSPS) is 25.3. The van der Waals surface area contributed by atoms with Crippen molar-refractivity contribution in [3.63, 3.8) is 0 Å². The molecule has 3 nitrogen and oxygen atoms in total. The number of hydrogen-bond donors (Lipinski definition) is 0. The van der Waals surface area contributed by atoms with Crippen molar-refractivity contribution >= 4 is 5.69 Å². The Kier molecular flexibility index (Phi) is 3.33. The van der Waals surface area contributed by atoms with E-state index in [0.29, 0.717) is 6.04 Å². The molecule has 1 aromatic heterocycles. The van der Waals surface area contributed by atoms with E-state index >= 15 is 0 Å². The van der Waals surface area contributed by atoms with Gasteiger partial charge in [-0.05, 0) is 44.0 Å². The molecule has 3 rings (SSSR count). The van der Waals surface area contributed by atoms with E-state index in [9.17, 15) is 0 Å². The average molecular weight is 243 g/mol. The minimum Gasteiger partial charge on any atom is -0.365 e. The van der Waals surface area contributed by atoms with Crippen molar-refractivity contribution in [3.05, 3.63) is 36.2 Å². The van der Waals surface area contributed by atoms with Crippen molar-refractivity contribution in [2.75, 3.05) is 31.6 Å². The highest BCUT2D eigenvalue weighted by Crippen LogP contribution is 2.31. The van der Waals surface area contributed by atoms with Gasteiger partial charge in [-0.15, -0.1) is 0 Å². The second kappa shape index (κ2) is 5.11. The Morgan fingerprint density at radius 2 is 2.06 bits per heavy atom. The Bertz CT molecular complexity index is 427. The fourth-order valence-corrected chi connectivity index (χ4v) is 3.09. The monoisotopic (exact) mass is 243 g/mol. The summed E-state index contributed by atoms with van der Waals surface area (Å²) in [6, 6.07) is 4.89. The molecule has 0 N–H and O–H groups in total. The minimum absolute atomic E-state index is 0.626. The quantitative estimate of drug-likeness (QED) is 0.743. The molecule has 0 spiro atoms. The highest BCUT2D eigenvalue weighted by atomic mass is 15.2. The number of likely N-dealkylation sites (N-methyl/N-ethyl adjacent to an activating group) is 1. The lowest BCUT2D eigenvalue weighted by Gasteiger charge is -2.32. The molecule has 0 aliphatic carbocycles. The SMILES string of the molecule is CN1CC=C([C@@H]2CCCN2c2ccncc2)CC1. The van der Waals surface area contributed by atoms with Crippen LogP contribution in [0.5, 0.6) is 0 Å². The van der Waals surface area contributed by atoms with Gasteiger partial charge in [-0.1, -0.05) is 6.08 Å². The Morgan fingerprint density at radius 1 is 1.22 bits per heavy atom. The summed E-state index contributed by atoms with van der Waals surface area (Å²) in [5.41, 5.74) is 2.97. The van der Waals surface area contributed by atoms with Crippen LogP contribution in [0.3, 0.4) is 0 Å². The molecule has 3 heterocycles. The molecule has 1 fully saturated rings. The van der Waals surface area contributed by atoms with Crippen molar-refractivity contribution in [3.8, 4) is 0 Å².